The first-order chi connectivity index (χ1) is 19.6. The lowest BCUT2D eigenvalue weighted by atomic mass is 10.1. The van der Waals surface area contributed by atoms with E-state index < -0.39 is 10.0 Å². The number of ether oxygens (including phenoxy) is 1. The van der Waals surface area contributed by atoms with Crippen molar-refractivity contribution in [1.82, 2.24) is 23.7 Å². The number of hydrogen-bond donors (Lipinski definition) is 0. The molecule has 4 heterocycles. The molecule has 0 spiro atoms. The molecule has 3 aliphatic rings. The minimum Gasteiger partial charge on any atom is -0.489 e. The van der Waals surface area contributed by atoms with Gasteiger partial charge < -0.3 is 19.1 Å². The summed E-state index contributed by atoms with van der Waals surface area (Å²) in [6, 6.07) is 9.95. The molecule has 0 N–H and O–H groups in total. The molecule has 0 bridgehead atoms. The number of rotatable bonds is 7. The number of benzene rings is 1. The highest BCUT2D eigenvalue weighted by Gasteiger charge is 2.41. The lowest BCUT2D eigenvalue weighted by Gasteiger charge is -2.34. The van der Waals surface area contributed by atoms with Gasteiger partial charge in [-0.25, -0.2) is 13.4 Å². The minimum atomic E-state index is -3.26. The van der Waals surface area contributed by atoms with Gasteiger partial charge in [0, 0.05) is 56.9 Å². The van der Waals surface area contributed by atoms with Crippen LogP contribution in [0.25, 0.3) is 16.6 Å². The second kappa shape index (κ2) is 11.5. The van der Waals surface area contributed by atoms with Gasteiger partial charge in [-0.15, -0.1) is 0 Å². The fourth-order valence-electron chi connectivity index (χ4n) is 5.84. The molecule has 220 valence electrons. The number of carbonyl (C=O) groups excluding carboxylic acids is 1. The summed E-state index contributed by atoms with van der Waals surface area (Å²) in [7, 11) is -3.26. The fraction of sp³-hybridized carbons (Fsp3) is 0.517. The second-order valence-corrected chi connectivity index (χ2v) is 14.9. The normalized spacial score (nSPS) is 19.8. The van der Waals surface area contributed by atoms with Crippen LogP contribution in [0, 0.1) is 0 Å². The van der Waals surface area contributed by atoms with Gasteiger partial charge in [-0.2, -0.15) is 4.31 Å². The summed E-state index contributed by atoms with van der Waals surface area (Å²) < 4.78 is 36.2. The zero-order valence-corrected chi connectivity index (χ0v) is 26.5. The molecule has 3 aromatic rings. The van der Waals surface area contributed by atoms with Gasteiger partial charge in [0.2, 0.25) is 10.0 Å². The Balaban J connectivity index is 1.29. The van der Waals surface area contributed by atoms with Crippen LogP contribution < -0.4 is 4.74 Å². The molecule has 2 saturated heterocycles. The summed E-state index contributed by atoms with van der Waals surface area (Å²) >= 11 is 9.98. The van der Waals surface area contributed by atoms with Crippen LogP contribution in [0.15, 0.2) is 41.0 Å². The zero-order chi connectivity index (χ0) is 28.9. The minimum absolute atomic E-state index is 0.129. The third kappa shape index (κ3) is 5.88. The van der Waals surface area contributed by atoms with E-state index in [1.807, 2.05) is 28.8 Å². The summed E-state index contributed by atoms with van der Waals surface area (Å²) in [5, 5.41) is 0.948. The quantitative estimate of drug-likeness (QED) is 0.333. The van der Waals surface area contributed by atoms with E-state index in [2.05, 4.69) is 39.7 Å². The first-order valence-corrected chi connectivity index (χ1v) is 16.9. The predicted molar refractivity (Wildman–Crippen MR) is 164 cm³/mol. The maximum Gasteiger partial charge on any atom is 0.270 e. The predicted octanol–water partition coefficient (Wildman–Crippen LogP) is 4.94. The van der Waals surface area contributed by atoms with E-state index in [-0.39, 0.29) is 17.3 Å². The van der Waals surface area contributed by atoms with Crippen molar-refractivity contribution < 1.29 is 17.9 Å². The summed E-state index contributed by atoms with van der Waals surface area (Å²) in [5.41, 5.74) is 2.04. The summed E-state index contributed by atoms with van der Waals surface area (Å²) in [6.45, 7) is 7.77. The topological polar surface area (TPSA) is 88.0 Å². The van der Waals surface area contributed by atoms with Crippen molar-refractivity contribution in [2.24, 2.45) is 0 Å². The molecule has 2 aromatic heterocycles. The average molecular weight is 665 g/mol. The number of likely N-dealkylation sites (tertiary alicyclic amines) is 1. The molecule has 0 radical (unpaired) electrons. The van der Waals surface area contributed by atoms with Crippen LogP contribution in [-0.2, 0) is 10.0 Å². The molecule has 1 aliphatic carbocycles. The number of hydrogen-bond acceptors (Lipinski definition) is 6. The highest BCUT2D eigenvalue weighted by molar-refractivity contribution is 9.10. The molecule has 2 aliphatic heterocycles. The number of carbonyl (C=O) groups is 1. The Kier molecular flexibility index (Phi) is 8.10. The lowest BCUT2D eigenvalue weighted by molar-refractivity contribution is 0.0690. The molecule has 0 atom stereocenters. The molecule has 41 heavy (non-hydrogen) atoms. The first-order valence-electron chi connectivity index (χ1n) is 14.3. The summed E-state index contributed by atoms with van der Waals surface area (Å²) in [4.78, 5) is 22.3. The monoisotopic (exact) mass is 663 g/mol. The number of amides is 1. The van der Waals surface area contributed by atoms with Crippen LogP contribution in [-0.4, -0.2) is 94.6 Å². The molecule has 3 fully saturated rings. The van der Waals surface area contributed by atoms with Gasteiger partial charge in [0.05, 0.1) is 20.9 Å². The molecular weight excluding hydrogens is 630 g/mol. The van der Waals surface area contributed by atoms with Crippen LogP contribution in [0.3, 0.4) is 0 Å². The maximum absolute atomic E-state index is 14.0. The van der Waals surface area contributed by atoms with Gasteiger partial charge in [0.15, 0.2) is 0 Å². The van der Waals surface area contributed by atoms with Gasteiger partial charge in [-0.05, 0) is 85.8 Å². The number of fused-ring (bicyclic) bond motifs is 1. The van der Waals surface area contributed by atoms with E-state index in [4.69, 9.17) is 16.3 Å². The lowest BCUT2D eigenvalue weighted by Crippen LogP contribution is -2.51. The third-order valence-electron chi connectivity index (χ3n) is 8.37. The Labute approximate surface area is 254 Å². The third-order valence-corrected chi connectivity index (χ3v) is 11.6. The van der Waals surface area contributed by atoms with Gasteiger partial charge in [0.25, 0.3) is 5.91 Å². The van der Waals surface area contributed by atoms with Crippen LogP contribution in [0.4, 0.5) is 0 Å². The van der Waals surface area contributed by atoms with Crippen LogP contribution in [0.5, 0.6) is 5.75 Å². The van der Waals surface area contributed by atoms with E-state index in [9.17, 15) is 13.2 Å². The van der Waals surface area contributed by atoms with Crippen LogP contribution in [0.1, 0.15) is 50.0 Å². The smallest absolute Gasteiger partial charge is 0.270 e. The number of sulfonamides is 1. The van der Waals surface area contributed by atoms with Crippen molar-refractivity contribution in [3.8, 4) is 11.4 Å². The average Bonchev–Trinajstić information content (AvgIpc) is 3.76. The number of piperidine rings is 1. The van der Waals surface area contributed by atoms with E-state index >= 15 is 0 Å². The molecule has 12 heteroatoms. The Bertz CT molecular complexity index is 1560. The molecular formula is C29H35BrClN5O4S. The van der Waals surface area contributed by atoms with Crippen molar-refractivity contribution in [2.75, 3.05) is 39.3 Å². The Morgan fingerprint density at radius 3 is 2.37 bits per heavy atom. The summed E-state index contributed by atoms with van der Waals surface area (Å²) in [6.07, 6.45) is 5.14. The van der Waals surface area contributed by atoms with Gasteiger partial charge in [0.1, 0.15) is 22.7 Å². The largest absolute Gasteiger partial charge is 0.489 e. The first kappa shape index (κ1) is 28.9. The number of aromatic nitrogens is 2. The molecule has 6 rings (SSSR count). The number of halogens is 2. The Hall–Kier alpha value is -2.18. The van der Waals surface area contributed by atoms with Gasteiger partial charge in [-0.3, -0.25) is 4.79 Å². The molecule has 1 saturated carbocycles. The molecule has 1 amide bonds. The standard InChI is InChI=1S/C29H35BrClN5O4S/c1-19(2)33-9-6-22(7-10-33)40-27-16-20-15-26(36(25(20)18-24(27)30)21-5-8-32-28(31)17-21)29(37)34-11-13-35(14-12-34)41(38,39)23-3-4-23/h5,8,15-19,22-23H,3-4,6-7,9-14H2,1-2H3. The van der Waals surface area contributed by atoms with E-state index in [0.717, 1.165) is 65.6 Å². The van der Waals surface area contributed by atoms with Gasteiger partial charge >= 0.3 is 0 Å². The molecule has 1 aromatic carbocycles. The molecule has 0 unspecified atom stereocenters. The van der Waals surface area contributed by atoms with E-state index in [1.165, 1.54) is 0 Å². The zero-order valence-electron chi connectivity index (χ0n) is 23.3. The van der Waals surface area contributed by atoms with E-state index in [0.29, 0.717) is 43.1 Å². The Morgan fingerprint density at radius 2 is 1.73 bits per heavy atom. The summed E-state index contributed by atoms with van der Waals surface area (Å²) in [5.74, 6) is 0.598. The fourth-order valence-corrected chi connectivity index (χ4v) is 8.26. The van der Waals surface area contributed by atoms with Crippen LogP contribution >= 0.6 is 27.5 Å². The van der Waals surface area contributed by atoms with Gasteiger partial charge in [-0.1, -0.05) is 11.6 Å². The van der Waals surface area contributed by atoms with Crippen molar-refractivity contribution in [3.05, 3.63) is 51.8 Å². The van der Waals surface area contributed by atoms with Crippen molar-refractivity contribution in [1.29, 1.82) is 0 Å². The maximum atomic E-state index is 14.0. The number of nitrogens with zero attached hydrogens (tertiary/aromatic N) is 5. The number of pyridine rings is 1. The highest BCUT2D eigenvalue weighted by Crippen LogP contribution is 2.36. The second-order valence-electron chi connectivity index (χ2n) is 11.4. The van der Waals surface area contributed by atoms with Crippen molar-refractivity contribution in [2.45, 2.75) is 56.9 Å². The molecule has 9 nitrogen and oxygen atoms in total. The van der Waals surface area contributed by atoms with Crippen molar-refractivity contribution in [3.63, 3.8) is 0 Å². The van der Waals surface area contributed by atoms with Crippen molar-refractivity contribution >= 4 is 54.4 Å². The van der Waals surface area contributed by atoms with Crippen LogP contribution in [0.2, 0.25) is 5.15 Å². The number of piperazine rings is 1. The Morgan fingerprint density at radius 1 is 1.02 bits per heavy atom. The van der Waals surface area contributed by atoms with E-state index in [1.54, 1.807) is 21.5 Å². The SMILES string of the molecule is CC(C)N1CCC(Oc2cc3cc(C(=O)N4CCN(S(=O)(=O)C5CC5)CC4)n(-c4ccnc(Cl)c4)c3cc2Br)CC1. The highest BCUT2D eigenvalue weighted by atomic mass is 79.9.